The molecule has 0 bridgehead atoms. The van der Waals surface area contributed by atoms with Crippen LogP contribution in [-0.4, -0.2) is 142 Å². The molecule has 8 rings (SSSR count). The summed E-state index contributed by atoms with van der Waals surface area (Å²) in [6.45, 7) is 69.7. The van der Waals surface area contributed by atoms with Crippen LogP contribution in [0.3, 0.4) is 0 Å². The number of anilines is 2. The van der Waals surface area contributed by atoms with Gasteiger partial charge >= 0.3 is 5.97 Å². The fourth-order valence-electron chi connectivity index (χ4n) is 13.3. The van der Waals surface area contributed by atoms with Gasteiger partial charge < -0.3 is 40.7 Å². The highest BCUT2D eigenvalue weighted by Crippen LogP contribution is 2.43. The minimum atomic E-state index is -0.776. The van der Waals surface area contributed by atoms with Gasteiger partial charge in [0.25, 0.3) is 11.7 Å². The first-order valence-electron chi connectivity index (χ1n) is 39.8. The van der Waals surface area contributed by atoms with Gasteiger partial charge in [-0.3, -0.25) is 44.9 Å². The summed E-state index contributed by atoms with van der Waals surface area (Å²) in [7, 11) is 0. The van der Waals surface area contributed by atoms with Crippen molar-refractivity contribution in [1.82, 2.24) is 20.3 Å². The van der Waals surface area contributed by atoms with Crippen molar-refractivity contribution in [1.29, 1.82) is 0 Å². The quantitative estimate of drug-likeness (QED) is 0.0311. The van der Waals surface area contributed by atoms with E-state index in [1.165, 1.54) is 37.5 Å². The van der Waals surface area contributed by atoms with Gasteiger partial charge in [-0.2, -0.15) is 5.06 Å². The lowest BCUT2D eigenvalue weighted by molar-refractivity contribution is -0.539. The van der Waals surface area contributed by atoms with Gasteiger partial charge in [-0.15, -0.1) is 0 Å². The number of ether oxygens (including phenoxy) is 2. The molecule has 19 heteroatoms. The first-order valence-corrected chi connectivity index (χ1v) is 39.8. The number of amidine groups is 2. The molecule has 0 aromatic heterocycles. The minimum absolute atomic E-state index is 0.0927. The molecule has 4 aromatic carbocycles. The van der Waals surface area contributed by atoms with E-state index in [4.69, 9.17) is 14.7 Å². The summed E-state index contributed by atoms with van der Waals surface area (Å²) >= 11 is 0. The molecule has 0 saturated carbocycles. The monoisotopic (exact) mass is 1520 g/mol. The van der Waals surface area contributed by atoms with E-state index in [1.54, 1.807) is 32.8 Å². The number of esters is 1. The summed E-state index contributed by atoms with van der Waals surface area (Å²) in [6.07, 6.45) is 11.8. The molecule has 5 N–H and O–H groups in total. The molecule has 0 aliphatic carbocycles. The minimum Gasteiger partial charge on any atom is -0.715 e. The largest absolute Gasteiger partial charge is 0.715 e. The Morgan fingerprint density at radius 1 is 0.532 bits per heavy atom. The van der Waals surface area contributed by atoms with Gasteiger partial charge in [0, 0.05) is 23.9 Å². The Kier molecular flexibility index (Phi) is 33.3. The number of hydrogen-bond donors (Lipinski definition) is 3. The molecular weight excluding hydrogens is 1370 g/mol. The molecule has 4 aliphatic heterocycles. The van der Waals surface area contributed by atoms with E-state index in [0.717, 1.165) is 80.6 Å². The molecule has 0 spiro atoms. The summed E-state index contributed by atoms with van der Waals surface area (Å²) in [5.74, 6) is 1.34. The smallest absolute Gasteiger partial charge is 0.311 e. The zero-order valence-electron chi connectivity index (χ0n) is 74.2. The molecule has 616 valence electrons. The molecule has 4 aromatic rings. The van der Waals surface area contributed by atoms with Gasteiger partial charge in [0.05, 0.1) is 62.3 Å². The third-order valence-electron chi connectivity index (χ3n) is 23.7. The number of carbonyl (C=O) groups is 1. The first-order chi connectivity index (χ1) is 49.6. The molecule has 0 radical (unpaired) electrons. The van der Waals surface area contributed by atoms with Crippen LogP contribution < -0.4 is 10.1 Å². The maximum Gasteiger partial charge on any atom is 0.311 e. The van der Waals surface area contributed by atoms with Crippen molar-refractivity contribution < 1.29 is 44.6 Å². The average Bonchev–Trinajstić information content (AvgIpc) is 1.58. The van der Waals surface area contributed by atoms with Gasteiger partial charge in [0.15, 0.2) is 0 Å². The second-order valence-electron chi connectivity index (χ2n) is 37.9. The van der Waals surface area contributed by atoms with E-state index in [9.17, 15) is 41.2 Å². The molecule has 2 fully saturated rings. The summed E-state index contributed by atoms with van der Waals surface area (Å²) in [4.78, 5) is 12.2. The Labute approximate surface area is 659 Å². The van der Waals surface area contributed by atoms with Crippen LogP contribution in [0.4, 0.5) is 11.4 Å². The van der Waals surface area contributed by atoms with Crippen LogP contribution in [0.1, 0.15) is 339 Å². The third kappa shape index (κ3) is 23.6. The number of hydrogen-bond acceptors (Lipinski definition) is 16. The van der Waals surface area contributed by atoms with Crippen LogP contribution in [-0.2, 0) is 14.3 Å². The van der Waals surface area contributed by atoms with E-state index in [0.29, 0.717) is 41.9 Å². The van der Waals surface area contributed by atoms with Crippen molar-refractivity contribution in [2.45, 2.75) is 379 Å². The van der Waals surface area contributed by atoms with E-state index in [1.807, 2.05) is 229 Å². The average molecular weight is 1520 g/mol. The molecule has 4 aliphatic rings. The Bertz CT molecular complexity index is 3630. The van der Waals surface area contributed by atoms with Crippen molar-refractivity contribution >= 4 is 40.2 Å². The zero-order chi connectivity index (χ0) is 84.3. The second kappa shape index (κ2) is 37.5. The maximum absolute atomic E-state index is 12.6. The highest BCUT2D eigenvalue weighted by atomic mass is 16.6. The van der Waals surface area contributed by atoms with Gasteiger partial charge in [-0.05, 0) is 333 Å². The van der Waals surface area contributed by atoms with Crippen LogP contribution in [0.15, 0.2) is 109 Å². The number of piperidine rings is 2. The van der Waals surface area contributed by atoms with Gasteiger partial charge in [0.2, 0.25) is 0 Å². The Hall–Kier alpha value is -6.39. The van der Waals surface area contributed by atoms with Crippen LogP contribution in [0.5, 0.6) is 0 Å². The topological polar surface area (TPSA) is 237 Å². The van der Waals surface area contributed by atoms with Gasteiger partial charge in [-0.1, -0.05) is 107 Å². The van der Waals surface area contributed by atoms with E-state index >= 15 is 0 Å². The number of carbonyl (C=O) groups excluding carboxylic acids is 1. The molecule has 3 unspecified atom stereocenters. The Morgan fingerprint density at radius 2 is 0.835 bits per heavy atom. The highest BCUT2D eigenvalue weighted by molar-refractivity contribution is 5.98. The number of benzene rings is 4. The second-order valence-corrected chi connectivity index (χ2v) is 37.9. The molecule has 2 saturated heterocycles. The van der Waals surface area contributed by atoms with Gasteiger partial charge in [-0.25, -0.2) is 0 Å². The van der Waals surface area contributed by atoms with Crippen molar-refractivity contribution in [2.24, 2.45) is 5.41 Å². The van der Waals surface area contributed by atoms with Crippen LogP contribution >= 0.6 is 0 Å². The van der Waals surface area contributed by atoms with E-state index in [2.05, 4.69) is 94.4 Å². The molecular formula is C90H149N8O11-. The molecule has 19 nitrogen and oxygen atoms in total. The van der Waals surface area contributed by atoms with E-state index < -0.39 is 27.6 Å². The molecule has 109 heavy (non-hydrogen) atoms. The number of rotatable bonds is 16. The summed E-state index contributed by atoms with van der Waals surface area (Å²) in [5.41, 5.74) is 5.24. The summed E-state index contributed by atoms with van der Waals surface area (Å²) in [5, 5.41) is 96.0. The molecule has 3 atom stereocenters. The molecule has 0 amide bonds. The SMILES string of the molecule is C/C=C(/C)c1ccc(C2=[N+]([O-])C(C)(C)C(C)(C)N2[O-])cc1.C/C=C(/C)c1ccc(N(O)C(C)(C)C)cc1.CCC(C)(C)C(=O)OC1CC(C)(C)N([OH2+])C(C)(C)C1.CCC(C)OC1CC(C)(C)N(O)C(C)(C)C1.CCC(C)c1ccc(C2=[N+]([O-])C(C)(C)C(C)(C)N2[O-])cc1.CCC(C)c1ccc(N(O)C(C)(C)C)cc1. The third-order valence-corrected chi connectivity index (χ3v) is 23.7. The fraction of sp³-hybridized carbons (Fsp3) is 0.656. The lowest BCUT2D eigenvalue weighted by Crippen LogP contribution is -2.61. The van der Waals surface area contributed by atoms with Crippen molar-refractivity contribution in [2.75, 3.05) is 10.1 Å². The first kappa shape index (κ1) is 96.8. The summed E-state index contributed by atoms with van der Waals surface area (Å²) < 4.78 is 13.4. The Balaban J connectivity index is 0.000000341. The van der Waals surface area contributed by atoms with Crippen molar-refractivity contribution in [3.05, 3.63) is 163 Å². The Morgan fingerprint density at radius 3 is 1.12 bits per heavy atom. The van der Waals surface area contributed by atoms with Crippen LogP contribution in [0.25, 0.3) is 11.1 Å². The van der Waals surface area contributed by atoms with Crippen LogP contribution in [0, 0.1) is 26.2 Å². The highest BCUT2D eigenvalue weighted by Gasteiger charge is 2.56. The normalized spacial score (nSPS) is 20.4. The standard InChI is InChI=1S/C17H25N2O2.C17H23N2O2.C15H29NO3.C14H23NO.C14H21NO.C13H27NO2/c2*1-7-12(2)13-8-10-14(11-9-13)15-18(20)16(3,4)17(5,6)19(15)21;1-8-13(2,3)12(17)19-11-9-14(4,5)16(18)15(6,7)10-11;2*1-6-11(2)12-7-9-13(10-8-12)15(16)14(3,4)5;1-7-10(2)16-11-8-12(3,4)14(15)13(5,6)9-11/h8-12H,7H2,1-6H3;7-11H,1-6H3;11,18H,8-10H2,1-7H3;7-11,16H,6H2,1-5H3;6-10,16H,1-5H3;10-11,15H,7-9H2,1-6H3/q2*-1;;;;/p+1/b;12-7-;;;11-6-;. The predicted molar refractivity (Wildman–Crippen MR) is 455 cm³/mol. The number of nitrogens with zero attached hydrogens (tertiary/aromatic N) is 8. The summed E-state index contributed by atoms with van der Waals surface area (Å²) in [6, 6.07) is 31.4. The maximum atomic E-state index is 12.6. The lowest BCUT2D eigenvalue weighted by atomic mass is 9.80. The zero-order valence-corrected chi connectivity index (χ0v) is 74.2. The lowest BCUT2D eigenvalue weighted by Gasteiger charge is -2.51. The predicted octanol–water partition coefficient (Wildman–Crippen LogP) is 21.7. The van der Waals surface area contributed by atoms with E-state index in [-0.39, 0.29) is 63.1 Å². The van der Waals surface area contributed by atoms with Crippen LogP contribution in [0.2, 0.25) is 0 Å². The number of hydroxylamine groups is 12. The number of allylic oxidation sites excluding steroid dienone is 4. The van der Waals surface area contributed by atoms with Crippen molar-refractivity contribution in [3.63, 3.8) is 0 Å². The fourth-order valence-corrected chi connectivity index (χ4v) is 13.3. The van der Waals surface area contributed by atoms with Gasteiger partial charge in [0.1, 0.15) is 28.3 Å². The molecule has 4 heterocycles. The van der Waals surface area contributed by atoms with Crippen molar-refractivity contribution in [3.8, 4) is 0 Å².